The van der Waals surface area contributed by atoms with Crippen LogP contribution in [-0.2, 0) is 9.47 Å². The van der Waals surface area contributed by atoms with Gasteiger partial charge in [-0.3, -0.25) is 4.79 Å². The average Bonchev–Trinajstić information content (AvgIpc) is 2.78. The van der Waals surface area contributed by atoms with Crippen LogP contribution in [0.25, 0.3) is 22.0 Å². The Bertz CT molecular complexity index is 1200. The van der Waals surface area contributed by atoms with Crippen molar-refractivity contribution in [2.24, 2.45) is 0 Å². The smallest absolute Gasteiger partial charge is 0.255 e. The highest BCUT2D eigenvalue weighted by molar-refractivity contribution is 5.97. The number of amides is 1. The fourth-order valence-electron chi connectivity index (χ4n) is 3.71. The van der Waals surface area contributed by atoms with Crippen LogP contribution in [0.1, 0.15) is 15.9 Å². The summed E-state index contributed by atoms with van der Waals surface area (Å²) in [6, 6.07) is 11.5. The number of allylic oxidation sites excluding steroid dienone is 2. The third kappa shape index (κ3) is 4.19. The zero-order valence-corrected chi connectivity index (χ0v) is 17.6. The highest BCUT2D eigenvalue weighted by atomic mass is 16.5. The highest BCUT2D eigenvalue weighted by Crippen LogP contribution is 2.28. The largest absolute Gasteiger partial charge is 0.374 e. The molecule has 0 saturated heterocycles. The molecular weight excluding hydrogens is 392 g/mol. The molecule has 1 heterocycles. The third-order valence-corrected chi connectivity index (χ3v) is 5.37. The van der Waals surface area contributed by atoms with E-state index in [-0.39, 0.29) is 24.1 Å². The van der Waals surface area contributed by atoms with E-state index in [4.69, 9.17) is 15.2 Å². The van der Waals surface area contributed by atoms with Crippen molar-refractivity contribution < 1.29 is 14.3 Å². The van der Waals surface area contributed by atoms with E-state index in [9.17, 15) is 4.79 Å². The van der Waals surface area contributed by atoms with Gasteiger partial charge in [0.1, 0.15) is 12.2 Å². The first-order chi connectivity index (χ1) is 15.0. The van der Waals surface area contributed by atoms with Gasteiger partial charge in [0.25, 0.3) is 5.91 Å². The normalized spacial score (nSPS) is 18.1. The molecule has 0 saturated carbocycles. The number of nitrogens with two attached hydrogens (primary N) is 1. The minimum Gasteiger partial charge on any atom is -0.374 e. The third-order valence-electron chi connectivity index (χ3n) is 5.37. The summed E-state index contributed by atoms with van der Waals surface area (Å²) in [5, 5.41) is 3.85. The number of methoxy groups -OCH3 is 2. The summed E-state index contributed by atoms with van der Waals surface area (Å²) in [4.78, 5) is 21.3. The molecule has 4 rings (SSSR count). The van der Waals surface area contributed by atoms with E-state index in [1.807, 2.05) is 61.5 Å². The van der Waals surface area contributed by atoms with Crippen LogP contribution < -0.4 is 11.1 Å². The molecule has 7 nitrogen and oxygen atoms in total. The Morgan fingerprint density at radius 2 is 1.97 bits per heavy atom. The van der Waals surface area contributed by atoms with Crippen LogP contribution in [-0.4, -0.2) is 42.3 Å². The molecule has 0 fully saturated rings. The lowest BCUT2D eigenvalue weighted by Crippen LogP contribution is -2.39. The van der Waals surface area contributed by atoms with Crippen LogP contribution in [0.15, 0.2) is 66.5 Å². The number of rotatable bonds is 5. The Kier molecular flexibility index (Phi) is 5.79. The van der Waals surface area contributed by atoms with Crippen LogP contribution in [0.4, 0.5) is 5.95 Å². The summed E-state index contributed by atoms with van der Waals surface area (Å²) in [6.45, 7) is 2.01. The topological polar surface area (TPSA) is 99.4 Å². The van der Waals surface area contributed by atoms with Crippen LogP contribution in [0, 0.1) is 6.92 Å². The van der Waals surface area contributed by atoms with Crippen molar-refractivity contribution in [2.75, 3.05) is 20.0 Å². The first-order valence-electron chi connectivity index (χ1n) is 9.89. The van der Waals surface area contributed by atoms with E-state index in [1.165, 1.54) is 0 Å². The van der Waals surface area contributed by atoms with Gasteiger partial charge in [-0.2, -0.15) is 0 Å². The zero-order chi connectivity index (χ0) is 22.0. The van der Waals surface area contributed by atoms with Crippen molar-refractivity contribution >= 4 is 22.8 Å². The van der Waals surface area contributed by atoms with Gasteiger partial charge in [-0.1, -0.05) is 24.3 Å². The zero-order valence-electron chi connectivity index (χ0n) is 17.6. The molecule has 0 radical (unpaired) electrons. The summed E-state index contributed by atoms with van der Waals surface area (Å²) in [7, 11) is 3.21. The molecule has 3 aromatic rings. The van der Waals surface area contributed by atoms with Gasteiger partial charge in [-0.25, -0.2) is 9.97 Å². The Morgan fingerprint density at radius 1 is 1.13 bits per heavy atom. The number of anilines is 1. The molecule has 3 N–H and O–H groups in total. The predicted molar refractivity (Wildman–Crippen MR) is 120 cm³/mol. The van der Waals surface area contributed by atoms with Crippen LogP contribution in [0.5, 0.6) is 0 Å². The van der Waals surface area contributed by atoms with Gasteiger partial charge in [-0.15, -0.1) is 0 Å². The van der Waals surface area contributed by atoms with Crippen molar-refractivity contribution in [3.05, 3.63) is 77.6 Å². The van der Waals surface area contributed by atoms with E-state index < -0.39 is 0 Å². The molecular formula is C24H24N4O3. The number of nitrogens with zero attached hydrogens (tertiary/aromatic N) is 2. The summed E-state index contributed by atoms with van der Waals surface area (Å²) in [6.07, 6.45) is 6.64. The van der Waals surface area contributed by atoms with Crippen molar-refractivity contribution in [2.45, 2.75) is 19.1 Å². The van der Waals surface area contributed by atoms with Gasteiger partial charge in [0.2, 0.25) is 5.95 Å². The average molecular weight is 416 g/mol. The van der Waals surface area contributed by atoms with Gasteiger partial charge >= 0.3 is 0 Å². The molecule has 7 heteroatoms. The quantitative estimate of drug-likeness (QED) is 0.661. The SMILES string of the molecule is COC1C=CC=C(NC(=O)c2ccc(C)c(-c3ccc4nc(N)ncc4c3)c2)C1OC. The Hall–Kier alpha value is -3.55. The van der Waals surface area contributed by atoms with Gasteiger partial charge in [-0.05, 0) is 54.0 Å². The number of nitrogens with one attached hydrogen (secondary N) is 1. The van der Waals surface area contributed by atoms with Crippen molar-refractivity contribution in [1.82, 2.24) is 15.3 Å². The lowest BCUT2D eigenvalue weighted by Gasteiger charge is -2.27. The van der Waals surface area contributed by atoms with E-state index in [1.54, 1.807) is 20.4 Å². The van der Waals surface area contributed by atoms with Gasteiger partial charge in [0.15, 0.2) is 0 Å². The van der Waals surface area contributed by atoms with E-state index in [2.05, 4.69) is 15.3 Å². The minimum atomic E-state index is -0.378. The molecule has 1 aliphatic carbocycles. The summed E-state index contributed by atoms with van der Waals surface area (Å²) in [5.74, 6) is 0.0311. The summed E-state index contributed by atoms with van der Waals surface area (Å²) in [5.41, 5.74) is 10.6. The molecule has 1 aliphatic rings. The number of carbonyl (C=O) groups excluding carboxylic acids is 1. The fourth-order valence-corrected chi connectivity index (χ4v) is 3.71. The first kappa shape index (κ1) is 20.7. The fraction of sp³-hybridized carbons (Fsp3) is 0.208. The lowest BCUT2D eigenvalue weighted by molar-refractivity contribution is 0.00442. The lowest BCUT2D eigenvalue weighted by atomic mass is 9.96. The second-order valence-corrected chi connectivity index (χ2v) is 7.35. The number of hydrogen-bond acceptors (Lipinski definition) is 6. The predicted octanol–water partition coefficient (Wildman–Crippen LogP) is 3.40. The molecule has 1 aromatic heterocycles. The maximum atomic E-state index is 13.0. The number of carbonyl (C=O) groups is 1. The Morgan fingerprint density at radius 3 is 2.74 bits per heavy atom. The number of hydrogen-bond donors (Lipinski definition) is 2. The van der Waals surface area contributed by atoms with Gasteiger partial charge in [0, 0.05) is 31.4 Å². The second-order valence-electron chi connectivity index (χ2n) is 7.35. The maximum Gasteiger partial charge on any atom is 0.255 e. The van der Waals surface area contributed by atoms with E-state index in [0.717, 1.165) is 27.6 Å². The molecule has 0 spiro atoms. The number of aromatic nitrogens is 2. The van der Waals surface area contributed by atoms with Gasteiger partial charge < -0.3 is 20.5 Å². The summed E-state index contributed by atoms with van der Waals surface area (Å²) < 4.78 is 11.0. The van der Waals surface area contributed by atoms with Crippen molar-refractivity contribution in [3.8, 4) is 11.1 Å². The number of benzene rings is 2. The van der Waals surface area contributed by atoms with Crippen molar-refractivity contribution in [1.29, 1.82) is 0 Å². The molecule has 158 valence electrons. The summed E-state index contributed by atoms with van der Waals surface area (Å²) >= 11 is 0. The Balaban J connectivity index is 1.63. The molecule has 2 aromatic carbocycles. The van der Waals surface area contributed by atoms with Crippen LogP contribution in [0.3, 0.4) is 0 Å². The number of fused-ring (bicyclic) bond motifs is 1. The van der Waals surface area contributed by atoms with Crippen LogP contribution in [0.2, 0.25) is 0 Å². The number of ether oxygens (including phenoxy) is 2. The molecule has 2 unspecified atom stereocenters. The minimum absolute atomic E-state index is 0.211. The number of aryl methyl sites for hydroxylation is 1. The second kappa shape index (κ2) is 8.67. The molecule has 31 heavy (non-hydrogen) atoms. The number of nitrogen functional groups attached to an aromatic ring is 1. The first-order valence-corrected chi connectivity index (χ1v) is 9.89. The van der Waals surface area contributed by atoms with Gasteiger partial charge in [0.05, 0.1) is 11.2 Å². The molecule has 0 bridgehead atoms. The van der Waals surface area contributed by atoms with E-state index >= 15 is 0 Å². The highest BCUT2D eigenvalue weighted by Gasteiger charge is 2.26. The monoisotopic (exact) mass is 416 g/mol. The standard InChI is InChI=1S/C24H24N4O3/c1-14-7-8-16(23(29)27-20-5-4-6-21(30-2)22(20)31-3)12-18(14)15-9-10-19-17(11-15)13-26-24(25)28-19/h4-13,21-22H,1-3H3,(H,27,29)(H2,25,26,28). The maximum absolute atomic E-state index is 13.0. The van der Waals surface area contributed by atoms with E-state index in [0.29, 0.717) is 11.3 Å². The Labute approximate surface area is 180 Å². The molecule has 0 aliphatic heterocycles. The molecule has 1 amide bonds. The molecule has 2 atom stereocenters. The van der Waals surface area contributed by atoms with Crippen LogP contribution >= 0.6 is 0 Å². The van der Waals surface area contributed by atoms with Crippen molar-refractivity contribution in [3.63, 3.8) is 0 Å².